The Labute approximate surface area is 109 Å². The van der Waals surface area contributed by atoms with Gasteiger partial charge in [-0.3, -0.25) is 9.59 Å². The lowest BCUT2D eigenvalue weighted by molar-refractivity contribution is -0.163. The van der Waals surface area contributed by atoms with Gasteiger partial charge in [-0.15, -0.1) is 0 Å². The van der Waals surface area contributed by atoms with E-state index in [9.17, 15) is 40.3 Å². The van der Waals surface area contributed by atoms with Crippen molar-refractivity contribution in [3.05, 3.63) is 43.7 Å². The van der Waals surface area contributed by atoms with Gasteiger partial charge in [-0.2, -0.15) is 26.3 Å². The number of halogens is 7. The summed E-state index contributed by atoms with van der Waals surface area (Å²) in [5, 5.41) is 0. The van der Waals surface area contributed by atoms with E-state index in [0.29, 0.717) is 0 Å². The monoisotopic (exact) mass is 316 g/mol. The zero-order valence-electron chi connectivity index (χ0n) is 9.54. The summed E-state index contributed by atoms with van der Waals surface area (Å²) in [5.41, 5.74) is -9.85. The number of benzene rings is 1. The highest BCUT2D eigenvalue weighted by atomic mass is 19.4. The Morgan fingerprint density at radius 1 is 0.857 bits per heavy atom. The number of alkyl halides is 6. The zero-order valence-corrected chi connectivity index (χ0v) is 9.54. The van der Waals surface area contributed by atoms with Crippen LogP contribution in [-0.4, -0.2) is 9.97 Å². The molecule has 0 saturated heterocycles. The number of rotatable bonds is 0. The molecule has 1 aromatic heterocycles. The average molecular weight is 316 g/mol. The van der Waals surface area contributed by atoms with Crippen LogP contribution in [0.4, 0.5) is 30.7 Å². The molecule has 0 aliphatic heterocycles. The van der Waals surface area contributed by atoms with Gasteiger partial charge in [0, 0.05) is 0 Å². The summed E-state index contributed by atoms with van der Waals surface area (Å²) in [4.78, 5) is 25.0. The first-order chi connectivity index (χ1) is 9.43. The second kappa shape index (κ2) is 4.33. The van der Waals surface area contributed by atoms with Crippen LogP contribution in [0.15, 0.2) is 15.7 Å². The Morgan fingerprint density at radius 3 is 1.86 bits per heavy atom. The van der Waals surface area contributed by atoms with Crippen molar-refractivity contribution in [2.45, 2.75) is 12.4 Å². The molecule has 2 N–H and O–H groups in total. The SMILES string of the molecule is O=c1[nH]c2cc(C(F)(F)F)c(C(F)(F)F)c(F)c2[nH]c1=O. The number of fused-ring (bicyclic) bond motifs is 1. The van der Waals surface area contributed by atoms with Crippen LogP contribution in [0.3, 0.4) is 0 Å². The molecule has 0 unspecified atom stereocenters. The van der Waals surface area contributed by atoms with Gasteiger partial charge in [0.15, 0.2) is 5.82 Å². The van der Waals surface area contributed by atoms with Crippen molar-refractivity contribution in [3.8, 4) is 0 Å². The van der Waals surface area contributed by atoms with Crippen molar-refractivity contribution in [2.75, 3.05) is 0 Å². The Kier molecular flexibility index (Phi) is 3.11. The highest BCUT2D eigenvalue weighted by molar-refractivity contribution is 5.77. The van der Waals surface area contributed by atoms with Crippen LogP contribution in [0.25, 0.3) is 11.0 Å². The normalized spacial score (nSPS) is 12.9. The van der Waals surface area contributed by atoms with E-state index in [1.807, 2.05) is 0 Å². The number of nitrogens with one attached hydrogen (secondary N) is 2. The first-order valence-electron chi connectivity index (χ1n) is 5.06. The zero-order chi connectivity index (χ0) is 16.2. The molecule has 0 aliphatic carbocycles. The molecular formula is C10H3F7N2O2. The van der Waals surface area contributed by atoms with Gasteiger partial charge in [-0.1, -0.05) is 0 Å². The minimum absolute atomic E-state index is 0.0847. The predicted octanol–water partition coefficient (Wildman–Crippen LogP) is 2.39. The number of hydrogen-bond donors (Lipinski definition) is 2. The minimum atomic E-state index is -5.64. The molecule has 4 nitrogen and oxygen atoms in total. The summed E-state index contributed by atoms with van der Waals surface area (Å²) in [6.07, 6.45) is -11.1. The Morgan fingerprint density at radius 2 is 1.38 bits per heavy atom. The van der Waals surface area contributed by atoms with E-state index in [4.69, 9.17) is 0 Å². The molecule has 0 fully saturated rings. The Bertz CT molecular complexity index is 829. The summed E-state index contributed by atoms with van der Waals surface area (Å²) in [6.45, 7) is 0. The number of H-pyrrole nitrogens is 2. The lowest BCUT2D eigenvalue weighted by Gasteiger charge is -2.17. The van der Waals surface area contributed by atoms with Crippen LogP contribution in [0.2, 0.25) is 0 Å². The van der Waals surface area contributed by atoms with Gasteiger partial charge in [0.05, 0.1) is 11.1 Å². The fourth-order valence-corrected chi connectivity index (χ4v) is 1.72. The van der Waals surface area contributed by atoms with Crippen molar-refractivity contribution in [1.29, 1.82) is 0 Å². The highest BCUT2D eigenvalue weighted by Gasteiger charge is 2.46. The quantitative estimate of drug-likeness (QED) is 0.579. The van der Waals surface area contributed by atoms with E-state index >= 15 is 0 Å². The number of aromatic amines is 2. The topological polar surface area (TPSA) is 65.7 Å². The van der Waals surface area contributed by atoms with Crippen LogP contribution in [0.1, 0.15) is 11.1 Å². The molecule has 0 amide bonds. The van der Waals surface area contributed by atoms with Crippen LogP contribution in [0.5, 0.6) is 0 Å². The molecule has 0 radical (unpaired) electrons. The first-order valence-corrected chi connectivity index (χ1v) is 5.06. The molecule has 2 rings (SSSR count). The standard InChI is InChI=1S/C10H3F7N2O2/c11-5-4(10(15,16)17)2(9(12,13)14)1-3-6(5)19-8(21)7(20)18-3/h1H,(H,18,20)(H,19,21). The first kappa shape index (κ1) is 15.1. The third-order valence-electron chi connectivity index (χ3n) is 2.55. The second-order valence-corrected chi connectivity index (χ2v) is 3.94. The van der Waals surface area contributed by atoms with E-state index in [1.54, 1.807) is 4.98 Å². The third kappa shape index (κ3) is 2.50. The molecular weight excluding hydrogens is 313 g/mol. The van der Waals surface area contributed by atoms with E-state index in [0.717, 1.165) is 0 Å². The van der Waals surface area contributed by atoms with E-state index < -0.39 is 51.4 Å². The maximum atomic E-state index is 13.8. The molecule has 21 heavy (non-hydrogen) atoms. The Hall–Kier alpha value is -2.33. The lowest BCUT2D eigenvalue weighted by atomic mass is 10.0. The average Bonchev–Trinajstić information content (AvgIpc) is 2.28. The predicted molar refractivity (Wildman–Crippen MR) is 55.2 cm³/mol. The van der Waals surface area contributed by atoms with Crippen molar-refractivity contribution in [1.82, 2.24) is 9.97 Å². The van der Waals surface area contributed by atoms with Crippen molar-refractivity contribution in [2.24, 2.45) is 0 Å². The van der Waals surface area contributed by atoms with Gasteiger partial charge >= 0.3 is 23.5 Å². The van der Waals surface area contributed by atoms with E-state index in [-0.39, 0.29) is 6.07 Å². The highest BCUT2D eigenvalue weighted by Crippen LogP contribution is 2.43. The smallest absolute Gasteiger partial charge is 0.316 e. The fourth-order valence-electron chi connectivity index (χ4n) is 1.72. The second-order valence-electron chi connectivity index (χ2n) is 3.94. The molecule has 1 heterocycles. The molecule has 0 aliphatic rings. The summed E-state index contributed by atoms with van der Waals surface area (Å²) in [7, 11) is 0. The molecule has 1 aromatic carbocycles. The van der Waals surface area contributed by atoms with Gasteiger partial charge in [-0.05, 0) is 6.07 Å². The largest absolute Gasteiger partial charge is 0.419 e. The molecule has 0 atom stereocenters. The molecule has 114 valence electrons. The molecule has 11 heteroatoms. The number of aromatic nitrogens is 2. The summed E-state index contributed by atoms with van der Waals surface area (Å²) in [6, 6.07) is -0.0847. The fraction of sp³-hybridized carbons (Fsp3) is 0.200. The molecule has 0 spiro atoms. The third-order valence-corrected chi connectivity index (χ3v) is 2.55. The van der Waals surface area contributed by atoms with Crippen LogP contribution in [-0.2, 0) is 12.4 Å². The summed E-state index contributed by atoms with van der Waals surface area (Å²) in [5.74, 6) is -2.32. The van der Waals surface area contributed by atoms with E-state index in [1.165, 1.54) is 4.98 Å². The van der Waals surface area contributed by atoms with Gasteiger partial charge in [0.1, 0.15) is 11.1 Å². The van der Waals surface area contributed by atoms with Crippen LogP contribution >= 0.6 is 0 Å². The lowest BCUT2D eigenvalue weighted by Crippen LogP contribution is -2.30. The van der Waals surface area contributed by atoms with E-state index in [2.05, 4.69) is 0 Å². The van der Waals surface area contributed by atoms with Crippen molar-refractivity contribution in [3.63, 3.8) is 0 Å². The van der Waals surface area contributed by atoms with Gasteiger partial charge in [0.2, 0.25) is 0 Å². The number of hydrogen-bond acceptors (Lipinski definition) is 2. The van der Waals surface area contributed by atoms with Gasteiger partial charge < -0.3 is 9.97 Å². The maximum absolute atomic E-state index is 13.8. The van der Waals surface area contributed by atoms with Gasteiger partial charge in [0.25, 0.3) is 0 Å². The minimum Gasteiger partial charge on any atom is -0.316 e. The van der Waals surface area contributed by atoms with Crippen molar-refractivity contribution < 1.29 is 30.7 Å². The van der Waals surface area contributed by atoms with Crippen molar-refractivity contribution >= 4 is 11.0 Å². The molecule has 2 aromatic rings. The summed E-state index contributed by atoms with van der Waals surface area (Å²) < 4.78 is 89.6. The van der Waals surface area contributed by atoms with Gasteiger partial charge in [-0.25, -0.2) is 4.39 Å². The Balaban J connectivity index is 3.06. The van der Waals surface area contributed by atoms with Crippen LogP contribution < -0.4 is 11.1 Å². The summed E-state index contributed by atoms with van der Waals surface area (Å²) >= 11 is 0. The maximum Gasteiger partial charge on any atom is 0.419 e. The molecule has 0 bridgehead atoms. The van der Waals surface area contributed by atoms with Crippen LogP contribution in [0, 0.1) is 5.82 Å². The molecule has 0 saturated carbocycles.